The number of hydrogen-bond donors (Lipinski definition) is 1. The molecule has 0 aromatic heterocycles. The van der Waals surface area contributed by atoms with Crippen molar-refractivity contribution in [2.45, 2.75) is 31.7 Å². The summed E-state index contributed by atoms with van der Waals surface area (Å²) in [6.07, 6.45) is 2.46. The normalized spacial score (nSPS) is 20.9. The second-order valence-electron chi connectivity index (χ2n) is 5.28. The van der Waals surface area contributed by atoms with Crippen LogP contribution in [0.4, 0.5) is 0 Å². The van der Waals surface area contributed by atoms with E-state index in [1.165, 1.54) is 29.5 Å². The van der Waals surface area contributed by atoms with Crippen molar-refractivity contribution in [3.8, 4) is 0 Å². The van der Waals surface area contributed by atoms with Crippen molar-refractivity contribution >= 4 is 12.4 Å². The molecule has 2 aromatic rings. The van der Waals surface area contributed by atoms with Gasteiger partial charge in [0.25, 0.3) is 0 Å². The van der Waals surface area contributed by atoms with Crippen LogP contribution in [0.15, 0.2) is 54.6 Å². The molecule has 2 heteroatoms. The van der Waals surface area contributed by atoms with Gasteiger partial charge in [-0.1, -0.05) is 61.5 Å². The second kappa shape index (κ2) is 6.92. The zero-order chi connectivity index (χ0) is 13.1. The van der Waals surface area contributed by atoms with Crippen LogP contribution in [0.3, 0.4) is 0 Å². The predicted octanol–water partition coefficient (Wildman–Crippen LogP) is 4.68. The first kappa shape index (κ1) is 15.1. The second-order valence-corrected chi connectivity index (χ2v) is 5.28. The Bertz CT molecular complexity index is 538. The molecule has 1 N–H and O–H groups in total. The number of benzene rings is 2. The van der Waals surface area contributed by atoms with Crippen molar-refractivity contribution in [2.24, 2.45) is 0 Å². The molecule has 1 aliphatic rings. The Morgan fingerprint density at radius 3 is 2.25 bits per heavy atom. The SMILES string of the molecule is CCN[C@H]1CC[C@@H](c2ccccc2)c2ccccc21.Cl. The van der Waals surface area contributed by atoms with Gasteiger partial charge in [-0.05, 0) is 36.1 Å². The van der Waals surface area contributed by atoms with Crippen molar-refractivity contribution < 1.29 is 0 Å². The van der Waals surface area contributed by atoms with E-state index < -0.39 is 0 Å². The van der Waals surface area contributed by atoms with Gasteiger partial charge in [-0.15, -0.1) is 12.4 Å². The first-order chi connectivity index (χ1) is 9.40. The third-order valence-corrected chi connectivity index (χ3v) is 4.14. The van der Waals surface area contributed by atoms with Crippen LogP contribution in [0.25, 0.3) is 0 Å². The van der Waals surface area contributed by atoms with Gasteiger partial charge < -0.3 is 5.32 Å². The number of hydrogen-bond acceptors (Lipinski definition) is 1. The molecule has 0 heterocycles. The van der Waals surface area contributed by atoms with Crippen LogP contribution in [0, 0.1) is 0 Å². The van der Waals surface area contributed by atoms with E-state index in [0.717, 1.165) is 6.54 Å². The van der Waals surface area contributed by atoms with Gasteiger partial charge in [0.2, 0.25) is 0 Å². The molecule has 0 radical (unpaired) electrons. The summed E-state index contributed by atoms with van der Waals surface area (Å²) in [5.41, 5.74) is 4.44. The summed E-state index contributed by atoms with van der Waals surface area (Å²) >= 11 is 0. The molecular weight excluding hydrogens is 266 g/mol. The minimum Gasteiger partial charge on any atom is -0.310 e. The number of rotatable bonds is 3. The lowest BCUT2D eigenvalue weighted by Crippen LogP contribution is -2.26. The van der Waals surface area contributed by atoms with Gasteiger partial charge in [-0.3, -0.25) is 0 Å². The van der Waals surface area contributed by atoms with Crippen LogP contribution >= 0.6 is 12.4 Å². The van der Waals surface area contributed by atoms with Crippen LogP contribution in [-0.2, 0) is 0 Å². The van der Waals surface area contributed by atoms with Crippen molar-refractivity contribution in [1.82, 2.24) is 5.32 Å². The molecule has 106 valence electrons. The number of fused-ring (bicyclic) bond motifs is 1. The van der Waals surface area contributed by atoms with Crippen molar-refractivity contribution in [2.75, 3.05) is 6.54 Å². The maximum absolute atomic E-state index is 3.61. The van der Waals surface area contributed by atoms with Crippen LogP contribution in [0.5, 0.6) is 0 Å². The molecule has 0 amide bonds. The third-order valence-electron chi connectivity index (χ3n) is 4.14. The largest absolute Gasteiger partial charge is 0.310 e. The van der Waals surface area contributed by atoms with Crippen LogP contribution in [-0.4, -0.2) is 6.54 Å². The monoisotopic (exact) mass is 287 g/mol. The van der Waals surface area contributed by atoms with Gasteiger partial charge in [0.1, 0.15) is 0 Å². The van der Waals surface area contributed by atoms with E-state index in [-0.39, 0.29) is 12.4 Å². The minimum absolute atomic E-state index is 0. The molecule has 2 aromatic carbocycles. The average Bonchev–Trinajstić information content (AvgIpc) is 2.49. The van der Waals surface area contributed by atoms with E-state index in [1.807, 2.05) is 0 Å². The summed E-state index contributed by atoms with van der Waals surface area (Å²) in [6, 6.07) is 20.4. The first-order valence-electron chi connectivity index (χ1n) is 7.27. The fourth-order valence-electron chi connectivity index (χ4n) is 3.28. The summed E-state index contributed by atoms with van der Waals surface area (Å²) in [6.45, 7) is 3.22. The average molecular weight is 288 g/mol. The highest BCUT2D eigenvalue weighted by Crippen LogP contribution is 2.40. The smallest absolute Gasteiger partial charge is 0.0323 e. The maximum atomic E-state index is 3.61. The molecule has 20 heavy (non-hydrogen) atoms. The zero-order valence-electron chi connectivity index (χ0n) is 11.9. The lowest BCUT2D eigenvalue weighted by Gasteiger charge is -2.32. The third kappa shape index (κ3) is 2.89. The van der Waals surface area contributed by atoms with E-state index in [9.17, 15) is 0 Å². The van der Waals surface area contributed by atoms with Crippen molar-refractivity contribution in [1.29, 1.82) is 0 Å². The molecule has 0 saturated heterocycles. The molecular formula is C18H22ClN. The molecule has 0 unspecified atom stereocenters. The summed E-state index contributed by atoms with van der Waals surface area (Å²) in [7, 11) is 0. The molecule has 3 rings (SSSR count). The summed E-state index contributed by atoms with van der Waals surface area (Å²) in [4.78, 5) is 0. The zero-order valence-corrected chi connectivity index (χ0v) is 12.7. The van der Waals surface area contributed by atoms with Gasteiger partial charge in [0.05, 0.1) is 0 Å². The molecule has 1 nitrogen and oxygen atoms in total. The number of halogens is 1. The Hall–Kier alpha value is -1.31. The highest BCUT2D eigenvalue weighted by atomic mass is 35.5. The Morgan fingerprint density at radius 2 is 1.55 bits per heavy atom. The van der Waals surface area contributed by atoms with Crippen LogP contribution in [0.1, 0.15) is 48.4 Å². The molecule has 2 atom stereocenters. The maximum Gasteiger partial charge on any atom is 0.0323 e. The summed E-state index contributed by atoms with van der Waals surface area (Å²) in [5.74, 6) is 0.562. The van der Waals surface area contributed by atoms with Gasteiger partial charge in [0.15, 0.2) is 0 Å². The highest BCUT2D eigenvalue weighted by Gasteiger charge is 2.26. The van der Waals surface area contributed by atoms with Crippen molar-refractivity contribution in [3.63, 3.8) is 0 Å². The van der Waals surface area contributed by atoms with E-state index in [0.29, 0.717) is 12.0 Å². The van der Waals surface area contributed by atoms with E-state index >= 15 is 0 Å². The predicted molar refractivity (Wildman–Crippen MR) is 87.6 cm³/mol. The van der Waals surface area contributed by atoms with Gasteiger partial charge in [-0.25, -0.2) is 0 Å². The number of nitrogens with one attached hydrogen (secondary N) is 1. The Balaban J connectivity index is 0.00000147. The quantitative estimate of drug-likeness (QED) is 0.864. The van der Waals surface area contributed by atoms with E-state index in [4.69, 9.17) is 0 Å². The molecule has 1 aliphatic carbocycles. The Morgan fingerprint density at radius 1 is 0.900 bits per heavy atom. The van der Waals surface area contributed by atoms with Gasteiger partial charge >= 0.3 is 0 Å². The fourth-order valence-corrected chi connectivity index (χ4v) is 3.28. The minimum atomic E-state index is 0. The molecule has 0 spiro atoms. The summed E-state index contributed by atoms with van der Waals surface area (Å²) < 4.78 is 0. The van der Waals surface area contributed by atoms with Gasteiger partial charge in [-0.2, -0.15) is 0 Å². The lowest BCUT2D eigenvalue weighted by atomic mass is 9.77. The molecule has 0 bridgehead atoms. The summed E-state index contributed by atoms with van der Waals surface area (Å²) in [5, 5.41) is 3.61. The Kier molecular flexibility index (Phi) is 5.22. The van der Waals surface area contributed by atoms with Gasteiger partial charge in [0, 0.05) is 12.0 Å². The van der Waals surface area contributed by atoms with E-state index in [2.05, 4.69) is 66.8 Å². The topological polar surface area (TPSA) is 12.0 Å². The van der Waals surface area contributed by atoms with E-state index in [1.54, 1.807) is 0 Å². The standard InChI is InChI=1S/C18H21N.ClH/c1-2-19-18-13-12-15(14-8-4-3-5-9-14)16-10-6-7-11-17(16)18;/h3-11,15,18-19H,2,12-13H2,1H3;1H/t15-,18-;/m0./s1. The highest BCUT2D eigenvalue weighted by molar-refractivity contribution is 5.85. The Labute approximate surface area is 127 Å². The van der Waals surface area contributed by atoms with Crippen LogP contribution < -0.4 is 5.32 Å². The lowest BCUT2D eigenvalue weighted by molar-refractivity contribution is 0.450. The van der Waals surface area contributed by atoms with Crippen molar-refractivity contribution in [3.05, 3.63) is 71.3 Å². The van der Waals surface area contributed by atoms with Crippen LogP contribution in [0.2, 0.25) is 0 Å². The fraction of sp³-hybridized carbons (Fsp3) is 0.333. The molecule has 0 saturated carbocycles. The first-order valence-corrected chi connectivity index (χ1v) is 7.27. The molecule has 0 aliphatic heterocycles. The molecule has 0 fully saturated rings.